The van der Waals surface area contributed by atoms with Crippen LogP contribution in [0.3, 0.4) is 0 Å². The first-order valence-electron chi connectivity index (χ1n) is 6.85. The van der Waals surface area contributed by atoms with Crippen molar-refractivity contribution in [1.82, 2.24) is 9.80 Å². The highest BCUT2D eigenvalue weighted by molar-refractivity contribution is 6.00. The maximum absolute atomic E-state index is 13.2. The van der Waals surface area contributed by atoms with Crippen molar-refractivity contribution in [2.45, 2.75) is 32.9 Å². The van der Waals surface area contributed by atoms with Gasteiger partial charge in [0.2, 0.25) is 0 Å². The van der Waals surface area contributed by atoms with Crippen molar-refractivity contribution in [3.05, 3.63) is 35.1 Å². The van der Waals surface area contributed by atoms with E-state index in [2.05, 4.69) is 25.8 Å². The zero-order valence-electron chi connectivity index (χ0n) is 11.9. The Morgan fingerprint density at radius 3 is 2.89 bits per heavy atom. The first-order chi connectivity index (χ1) is 9.02. The minimum atomic E-state index is -0.262. The summed E-state index contributed by atoms with van der Waals surface area (Å²) in [6.45, 7) is 6.85. The van der Waals surface area contributed by atoms with Crippen molar-refractivity contribution in [3.63, 3.8) is 0 Å². The van der Waals surface area contributed by atoms with Crippen LogP contribution in [0, 0.1) is 11.2 Å². The van der Waals surface area contributed by atoms with E-state index < -0.39 is 0 Å². The van der Waals surface area contributed by atoms with Gasteiger partial charge in [-0.3, -0.25) is 5.41 Å². The van der Waals surface area contributed by atoms with Gasteiger partial charge in [-0.25, -0.2) is 4.39 Å². The Kier molecular flexibility index (Phi) is 4.20. The fourth-order valence-corrected chi connectivity index (χ4v) is 2.36. The van der Waals surface area contributed by atoms with Crippen LogP contribution in [0.15, 0.2) is 18.2 Å². The summed E-state index contributed by atoms with van der Waals surface area (Å²) in [5.41, 5.74) is 1.80. The summed E-state index contributed by atoms with van der Waals surface area (Å²) in [4.78, 5) is 4.32. The highest BCUT2D eigenvalue weighted by Crippen LogP contribution is 2.23. The Hall–Kier alpha value is -1.42. The molecular weight excluding hydrogens is 241 g/mol. The molecule has 19 heavy (non-hydrogen) atoms. The lowest BCUT2D eigenvalue weighted by molar-refractivity contribution is 0.229. The van der Waals surface area contributed by atoms with E-state index in [1.54, 1.807) is 6.07 Å². The normalized spacial score (nSPS) is 16.1. The molecule has 2 rings (SSSR count). The lowest BCUT2D eigenvalue weighted by Crippen LogP contribution is -2.37. The highest BCUT2D eigenvalue weighted by atomic mass is 19.1. The minimum Gasteiger partial charge on any atom is -0.351 e. The van der Waals surface area contributed by atoms with Gasteiger partial charge in [0.25, 0.3) is 0 Å². The van der Waals surface area contributed by atoms with Gasteiger partial charge in [-0.2, -0.15) is 0 Å². The van der Waals surface area contributed by atoms with E-state index in [0.717, 1.165) is 37.2 Å². The summed E-state index contributed by atoms with van der Waals surface area (Å²) in [7, 11) is 2.11. The monoisotopic (exact) mass is 263 g/mol. The summed E-state index contributed by atoms with van der Waals surface area (Å²) in [6, 6.07) is 5.28. The molecule has 1 atom stereocenters. The number of nitrogens with one attached hydrogen (secondary N) is 1. The van der Waals surface area contributed by atoms with Gasteiger partial charge >= 0.3 is 0 Å². The Balaban J connectivity index is 1.97. The van der Waals surface area contributed by atoms with Crippen LogP contribution in [0.2, 0.25) is 0 Å². The van der Waals surface area contributed by atoms with Crippen LogP contribution >= 0.6 is 0 Å². The van der Waals surface area contributed by atoms with Crippen molar-refractivity contribution >= 4 is 5.84 Å². The molecule has 0 radical (unpaired) electrons. The third kappa shape index (κ3) is 2.95. The molecule has 104 valence electrons. The van der Waals surface area contributed by atoms with E-state index in [0.29, 0.717) is 11.9 Å². The van der Waals surface area contributed by atoms with Gasteiger partial charge in [-0.1, -0.05) is 13.0 Å². The fourth-order valence-electron chi connectivity index (χ4n) is 2.36. The molecule has 0 amide bonds. The maximum atomic E-state index is 13.2. The van der Waals surface area contributed by atoms with Crippen LogP contribution in [-0.4, -0.2) is 41.8 Å². The van der Waals surface area contributed by atoms with Crippen LogP contribution < -0.4 is 0 Å². The fraction of sp³-hybridized carbons (Fsp3) is 0.533. The molecule has 0 spiro atoms. The van der Waals surface area contributed by atoms with E-state index >= 15 is 0 Å². The molecule has 1 aromatic rings. The van der Waals surface area contributed by atoms with Crippen molar-refractivity contribution in [2.75, 3.05) is 20.1 Å². The van der Waals surface area contributed by atoms with Crippen LogP contribution in [0.5, 0.6) is 0 Å². The molecule has 0 aromatic heterocycles. The van der Waals surface area contributed by atoms with Crippen molar-refractivity contribution in [1.29, 1.82) is 5.41 Å². The van der Waals surface area contributed by atoms with Crippen molar-refractivity contribution < 1.29 is 4.39 Å². The molecule has 1 aliphatic rings. The van der Waals surface area contributed by atoms with E-state index in [1.807, 2.05) is 4.90 Å². The average Bonchev–Trinajstić information content (AvgIpc) is 2.72. The van der Waals surface area contributed by atoms with Gasteiger partial charge in [0.15, 0.2) is 0 Å². The Morgan fingerprint density at radius 2 is 2.21 bits per heavy atom. The predicted octanol–water partition coefficient (Wildman–Crippen LogP) is 2.70. The summed E-state index contributed by atoms with van der Waals surface area (Å²) in [5.74, 6) is 0.189. The second-order valence-corrected chi connectivity index (χ2v) is 5.31. The van der Waals surface area contributed by atoms with Gasteiger partial charge in [0.05, 0.1) is 0 Å². The number of amidine groups is 1. The highest BCUT2D eigenvalue weighted by Gasteiger charge is 2.24. The lowest BCUT2D eigenvalue weighted by Gasteiger charge is -2.27. The number of fused-ring (bicyclic) bond motifs is 1. The molecule has 1 heterocycles. The van der Waals surface area contributed by atoms with E-state index in [1.165, 1.54) is 12.1 Å². The molecule has 0 saturated carbocycles. The van der Waals surface area contributed by atoms with Gasteiger partial charge in [0.1, 0.15) is 11.7 Å². The molecule has 0 saturated heterocycles. The van der Waals surface area contributed by atoms with Gasteiger partial charge in [-0.15, -0.1) is 0 Å². The number of nitrogens with zero attached hydrogens (tertiary/aromatic N) is 2. The largest absolute Gasteiger partial charge is 0.351 e. The Labute approximate surface area is 114 Å². The first kappa shape index (κ1) is 14.0. The predicted molar refractivity (Wildman–Crippen MR) is 76.0 cm³/mol. The first-order valence-corrected chi connectivity index (χ1v) is 6.85. The Bertz CT molecular complexity index is 472. The molecule has 1 aliphatic heterocycles. The second kappa shape index (κ2) is 5.70. The van der Waals surface area contributed by atoms with Crippen LogP contribution in [0.4, 0.5) is 4.39 Å². The number of hydrogen-bond acceptors (Lipinski definition) is 2. The molecule has 0 aliphatic carbocycles. The topological polar surface area (TPSA) is 30.3 Å². The van der Waals surface area contributed by atoms with Crippen LogP contribution in [0.1, 0.15) is 31.4 Å². The SMILES string of the molecule is CCC(C)N(C)CCN1Cc2ccc(F)cc2C1=N. The molecule has 4 heteroatoms. The summed E-state index contributed by atoms with van der Waals surface area (Å²) >= 11 is 0. The third-order valence-corrected chi connectivity index (χ3v) is 4.07. The number of benzene rings is 1. The van der Waals surface area contributed by atoms with Crippen LogP contribution in [0.25, 0.3) is 0 Å². The summed E-state index contributed by atoms with van der Waals surface area (Å²) in [5, 5.41) is 8.12. The smallest absolute Gasteiger partial charge is 0.128 e. The van der Waals surface area contributed by atoms with Crippen molar-refractivity contribution in [2.24, 2.45) is 0 Å². The number of likely N-dealkylation sites (N-methyl/N-ethyl adjacent to an activating group) is 1. The molecule has 0 fully saturated rings. The minimum absolute atomic E-state index is 0.262. The molecule has 0 bridgehead atoms. The molecule has 1 aromatic carbocycles. The van der Waals surface area contributed by atoms with Gasteiger partial charge < -0.3 is 9.80 Å². The molecule has 1 unspecified atom stereocenters. The second-order valence-electron chi connectivity index (χ2n) is 5.31. The van der Waals surface area contributed by atoms with Gasteiger partial charge in [-0.05, 0) is 38.1 Å². The summed E-state index contributed by atoms with van der Waals surface area (Å²) < 4.78 is 13.2. The summed E-state index contributed by atoms with van der Waals surface area (Å²) in [6.07, 6.45) is 1.12. The number of rotatable bonds is 5. The maximum Gasteiger partial charge on any atom is 0.128 e. The van der Waals surface area contributed by atoms with E-state index in [9.17, 15) is 4.39 Å². The molecule has 1 N–H and O–H groups in total. The van der Waals surface area contributed by atoms with Crippen molar-refractivity contribution in [3.8, 4) is 0 Å². The third-order valence-electron chi connectivity index (χ3n) is 4.07. The zero-order valence-corrected chi connectivity index (χ0v) is 11.9. The molecular formula is C15H22FN3. The van der Waals surface area contributed by atoms with E-state index in [-0.39, 0.29) is 5.82 Å². The average molecular weight is 263 g/mol. The van der Waals surface area contributed by atoms with Crippen LogP contribution in [-0.2, 0) is 6.54 Å². The number of hydrogen-bond donors (Lipinski definition) is 1. The number of halogens is 1. The zero-order chi connectivity index (χ0) is 14.0. The molecule has 3 nitrogen and oxygen atoms in total. The Morgan fingerprint density at radius 1 is 1.47 bits per heavy atom. The standard InChI is InChI=1S/C15H22FN3/c1-4-11(2)18(3)7-8-19-10-12-5-6-13(16)9-14(12)15(19)17/h5-6,9,11,17H,4,7-8,10H2,1-3H3. The van der Waals surface area contributed by atoms with Gasteiger partial charge in [0, 0.05) is 31.2 Å². The van der Waals surface area contributed by atoms with E-state index in [4.69, 9.17) is 5.41 Å². The quantitative estimate of drug-likeness (QED) is 0.885. The lowest BCUT2D eigenvalue weighted by atomic mass is 10.1.